The lowest BCUT2D eigenvalue weighted by atomic mass is 9.93. The second-order valence-corrected chi connectivity index (χ2v) is 7.47. The highest BCUT2D eigenvalue weighted by Crippen LogP contribution is 2.22. The molecule has 1 atom stereocenters. The third kappa shape index (κ3) is 5.00. The molecule has 1 aliphatic heterocycles. The Kier molecular flexibility index (Phi) is 7.94. The summed E-state index contributed by atoms with van der Waals surface area (Å²) in [4.78, 5) is 7.10. The van der Waals surface area contributed by atoms with Gasteiger partial charge in [-0.2, -0.15) is 5.10 Å². The molecule has 0 saturated carbocycles. The molecule has 1 aliphatic rings. The van der Waals surface area contributed by atoms with Crippen molar-refractivity contribution in [1.29, 1.82) is 0 Å². The van der Waals surface area contributed by atoms with E-state index in [1.807, 2.05) is 18.8 Å². The number of likely N-dealkylation sites (tertiary alicyclic amines) is 1. The van der Waals surface area contributed by atoms with Gasteiger partial charge < -0.3 is 10.6 Å². The normalized spacial score (nSPS) is 17.1. The molecular weight excluding hydrogens is 324 g/mol. The molecule has 1 fully saturated rings. The highest BCUT2D eigenvalue weighted by atomic mass is 15.3. The van der Waals surface area contributed by atoms with Gasteiger partial charge in [0.25, 0.3) is 0 Å². The van der Waals surface area contributed by atoms with E-state index in [0.717, 1.165) is 30.7 Å². The van der Waals surface area contributed by atoms with E-state index in [2.05, 4.69) is 53.3 Å². The van der Waals surface area contributed by atoms with Crippen LogP contribution in [0.25, 0.3) is 0 Å². The van der Waals surface area contributed by atoms with Gasteiger partial charge in [-0.05, 0) is 45.7 Å². The fraction of sp³-hybridized carbons (Fsp3) is 0.800. The summed E-state index contributed by atoms with van der Waals surface area (Å²) in [6, 6.07) is 0.591. The second kappa shape index (κ2) is 9.95. The third-order valence-electron chi connectivity index (χ3n) is 6.00. The molecule has 1 aromatic rings. The van der Waals surface area contributed by atoms with E-state index in [-0.39, 0.29) is 0 Å². The zero-order valence-electron chi connectivity index (χ0n) is 17.6. The number of guanidine groups is 1. The van der Waals surface area contributed by atoms with Crippen molar-refractivity contribution in [3.63, 3.8) is 0 Å². The fourth-order valence-electron chi connectivity index (χ4n) is 4.17. The lowest BCUT2D eigenvalue weighted by molar-refractivity contribution is 0.166. The Morgan fingerprint density at radius 3 is 2.31 bits per heavy atom. The number of rotatable bonds is 8. The van der Waals surface area contributed by atoms with Gasteiger partial charge in [-0.3, -0.25) is 14.6 Å². The molecule has 0 bridgehead atoms. The number of aliphatic imine (C=N–C) groups is 1. The van der Waals surface area contributed by atoms with Gasteiger partial charge in [0.15, 0.2) is 5.96 Å². The summed E-state index contributed by atoms with van der Waals surface area (Å²) in [7, 11) is 3.84. The van der Waals surface area contributed by atoms with E-state index in [0.29, 0.717) is 6.04 Å². The molecule has 1 aromatic heterocycles. The van der Waals surface area contributed by atoms with Gasteiger partial charge in [-0.15, -0.1) is 0 Å². The van der Waals surface area contributed by atoms with Crippen LogP contribution in [0.4, 0.5) is 0 Å². The molecule has 0 spiro atoms. The molecule has 148 valence electrons. The quantitative estimate of drug-likeness (QED) is 0.551. The van der Waals surface area contributed by atoms with Crippen LogP contribution in [0.5, 0.6) is 0 Å². The molecule has 0 aromatic carbocycles. The van der Waals surface area contributed by atoms with Gasteiger partial charge >= 0.3 is 0 Å². The number of nitrogens with one attached hydrogen (secondary N) is 2. The zero-order valence-corrected chi connectivity index (χ0v) is 17.6. The van der Waals surface area contributed by atoms with Gasteiger partial charge in [0.1, 0.15) is 0 Å². The SMILES string of the molecule is CCC(CC)C(CNC(=NC)NCc1c(C)nn(C)c1C)N1CCCC1. The van der Waals surface area contributed by atoms with E-state index in [4.69, 9.17) is 0 Å². The van der Waals surface area contributed by atoms with Crippen molar-refractivity contribution < 1.29 is 0 Å². The van der Waals surface area contributed by atoms with Gasteiger partial charge in [0.2, 0.25) is 0 Å². The molecule has 1 unspecified atom stereocenters. The van der Waals surface area contributed by atoms with Crippen LogP contribution < -0.4 is 10.6 Å². The number of aryl methyl sites for hydroxylation is 2. The van der Waals surface area contributed by atoms with E-state index in [1.54, 1.807) is 0 Å². The maximum Gasteiger partial charge on any atom is 0.191 e. The molecule has 0 amide bonds. The average Bonchev–Trinajstić information content (AvgIpc) is 3.24. The van der Waals surface area contributed by atoms with E-state index < -0.39 is 0 Å². The van der Waals surface area contributed by atoms with Crippen LogP contribution in [0, 0.1) is 19.8 Å². The number of nitrogens with zero attached hydrogens (tertiary/aromatic N) is 4. The Bertz CT molecular complexity index is 579. The smallest absolute Gasteiger partial charge is 0.191 e. The van der Waals surface area contributed by atoms with E-state index in [9.17, 15) is 0 Å². The topological polar surface area (TPSA) is 57.5 Å². The Morgan fingerprint density at radius 1 is 1.15 bits per heavy atom. The highest BCUT2D eigenvalue weighted by Gasteiger charge is 2.27. The molecular formula is C20H38N6. The highest BCUT2D eigenvalue weighted by molar-refractivity contribution is 5.79. The Morgan fingerprint density at radius 2 is 1.81 bits per heavy atom. The molecule has 26 heavy (non-hydrogen) atoms. The van der Waals surface area contributed by atoms with Crippen LogP contribution in [0.2, 0.25) is 0 Å². The van der Waals surface area contributed by atoms with Gasteiger partial charge in [-0.25, -0.2) is 0 Å². The van der Waals surface area contributed by atoms with Crippen LogP contribution >= 0.6 is 0 Å². The summed E-state index contributed by atoms with van der Waals surface area (Å²) in [5.41, 5.74) is 3.55. The van der Waals surface area contributed by atoms with Gasteiger partial charge in [0.05, 0.1) is 5.69 Å². The molecule has 2 rings (SSSR count). The van der Waals surface area contributed by atoms with Crippen molar-refractivity contribution in [2.75, 3.05) is 26.7 Å². The summed E-state index contributed by atoms with van der Waals surface area (Å²) in [6.45, 7) is 13.0. The van der Waals surface area contributed by atoms with Crippen molar-refractivity contribution in [2.24, 2.45) is 18.0 Å². The minimum absolute atomic E-state index is 0.591. The van der Waals surface area contributed by atoms with Crippen molar-refractivity contribution in [3.8, 4) is 0 Å². The Hall–Kier alpha value is -1.56. The summed E-state index contributed by atoms with van der Waals surface area (Å²) in [5.74, 6) is 1.62. The first kappa shape index (κ1) is 20.7. The van der Waals surface area contributed by atoms with Crippen molar-refractivity contribution in [3.05, 3.63) is 17.0 Å². The zero-order chi connectivity index (χ0) is 19.1. The molecule has 6 nitrogen and oxygen atoms in total. The Balaban J connectivity index is 1.95. The van der Waals surface area contributed by atoms with Crippen molar-refractivity contribution in [2.45, 2.75) is 66.0 Å². The van der Waals surface area contributed by atoms with Crippen LogP contribution in [0.15, 0.2) is 4.99 Å². The second-order valence-electron chi connectivity index (χ2n) is 7.47. The lowest BCUT2D eigenvalue weighted by Gasteiger charge is -2.34. The van der Waals surface area contributed by atoms with Crippen LogP contribution in [-0.4, -0.2) is 53.4 Å². The summed E-state index contributed by atoms with van der Waals surface area (Å²) in [5, 5.41) is 11.5. The van der Waals surface area contributed by atoms with Crippen molar-refractivity contribution in [1.82, 2.24) is 25.3 Å². The predicted octanol–water partition coefficient (Wildman–Crippen LogP) is 2.60. The maximum atomic E-state index is 4.50. The number of hydrogen-bond donors (Lipinski definition) is 2. The Labute approximate surface area is 159 Å². The van der Waals surface area contributed by atoms with Gasteiger partial charge in [-0.1, -0.05) is 26.7 Å². The first-order valence-electron chi connectivity index (χ1n) is 10.2. The molecule has 6 heteroatoms. The summed E-state index contributed by atoms with van der Waals surface area (Å²) >= 11 is 0. The predicted molar refractivity (Wildman–Crippen MR) is 110 cm³/mol. The number of aromatic nitrogens is 2. The van der Waals surface area contributed by atoms with Crippen molar-refractivity contribution >= 4 is 5.96 Å². The summed E-state index contributed by atoms with van der Waals surface area (Å²) < 4.78 is 1.94. The van der Waals surface area contributed by atoms with Crippen LogP contribution in [0.3, 0.4) is 0 Å². The summed E-state index contributed by atoms with van der Waals surface area (Å²) in [6.07, 6.45) is 5.14. The largest absolute Gasteiger partial charge is 0.355 e. The molecule has 2 N–H and O–H groups in total. The third-order valence-corrected chi connectivity index (χ3v) is 6.00. The lowest BCUT2D eigenvalue weighted by Crippen LogP contribution is -2.49. The molecule has 0 aliphatic carbocycles. The maximum absolute atomic E-state index is 4.50. The van der Waals surface area contributed by atoms with E-state index in [1.165, 1.54) is 50.0 Å². The van der Waals surface area contributed by atoms with Gasteiger partial charge in [0, 0.05) is 44.5 Å². The first-order chi connectivity index (χ1) is 12.5. The minimum atomic E-state index is 0.591. The molecule has 1 saturated heterocycles. The standard InChI is InChI=1S/C20H38N6/c1-7-17(8-2)19(26-11-9-10-12-26)14-23-20(21-5)22-13-18-15(3)24-25(6)16(18)4/h17,19H,7-14H2,1-6H3,(H2,21,22,23). The van der Waals surface area contributed by atoms with E-state index >= 15 is 0 Å². The molecule has 0 radical (unpaired) electrons. The average molecular weight is 363 g/mol. The number of hydrogen-bond acceptors (Lipinski definition) is 3. The monoisotopic (exact) mass is 362 g/mol. The molecule has 2 heterocycles. The van der Waals surface area contributed by atoms with Crippen LogP contribution in [-0.2, 0) is 13.6 Å². The fourth-order valence-corrected chi connectivity index (χ4v) is 4.17. The minimum Gasteiger partial charge on any atom is -0.355 e. The first-order valence-corrected chi connectivity index (χ1v) is 10.2. The van der Waals surface area contributed by atoms with Crippen LogP contribution in [0.1, 0.15) is 56.5 Å².